The molecular formula is C9H18O6. The summed E-state index contributed by atoms with van der Waals surface area (Å²) >= 11 is 0. The third-order valence-corrected chi connectivity index (χ3v) is 2.25. The molecule has 4 N–H and O–H groups in total. The van der Waals surface area contributed by atoms with Gasteiger partial charge in [0, 0.05) is 0 Å². The Morgan fingerprint density at radius 3 is 2.20 bits per heavy atom. The van der Waals surface area contributed by atoms with Crippen molar-refractivity contribution in [3.05, 3.63) is 0 Å². The van der Waals surface area contributed by atoms with E-state index < -0.39 is 37.3 Å². The molecule has 1 aliphatic rings. The Hall–Kier alpha value is -0.240. The molecule has 0 amide bonds. The van der Waals surface area contributed by atoms with Crippen LogP contribution in [0.15, 0.2) is 0 Å². The number of aliphatic hydroxyl groups is 4. The predicted molar refractivity (Wildman–Crippen MR) is 50.0 cm³/mol. The molecule has 6 heteroatoms. The maximum atomic E-state index is 9.53. The summed E-state index contributed by atoms with van der Waals surface area (Å²) in [6, 6.07) is 0. The molecule has 0 spiro atoms. The van der Waals surface area contributed by atoms with Crippen LogP contribution in [0.25, 0.3) is 0 Å². The van der Waals surface area contributed by atoms with Crippen LogP contribution >= 0.6 is 0 Å². The Labute approximate surface area is 88.1 Å². The van der Waals surface area contributed by atoms with Gasteiger partial charge in [0.1, 0.15) is 24.4 Å². The smallest absolute Gasteiger partial charge is 0.186 e. The molecule has 0 bridgehead atoms. The van der Waals surface area contributed by atoms with Crippen LogP contribution < -0.4 is 0 Å². The van der Waals surface area contributed by atoms with E-state index in [4.69, 9.17) is 14.6 Å². The van der Waals surface area contributed by atoms with Gasteiger partial charge < -0.3 is 29.9 Å². The third kappa shape index (κ3) is 2.87. The van der Waals surface area contributed by atoms with Gasteiger partial charge in [-0.1, -0.05) is 0 Å². The van der Waals surface area contributed by atoms with Gasteiger partial charge >= 0.3 is 0 Å². The van der Waals surface area contributed by atoms with Crippen molar-refractivity contribution in [3.8, 4) is 0 Å². The van der Waals surface area contributed by atoms with E-state index in [1.807, 2.05) is 0 Å². The fourth-order valence-corrected chi connectivity index (χ4v) is 1.45. The van der Waals surface area contributed by atoms with Crippen molar-refractivity contribution < 1.29 is 29.9 Å². The van der Waals surface area contributed by atoms with Crippen molar-refractivity contribution in [2.24, 2.45) is 0 Å². The molecule has 15 heavy (non-hydrogen) atoms. The highest BCUT2D eigenvalue weighted by atomic mass is 16.7. The molecule has 1 rings (SSSR count). The Morgan fingerprint density at radius 1 is 1.13 bits per heavy atom. The molecule has 1 aliphatic heterocycles. The van der Waals surface area contributed by atoms with Crippen molar-refractivity contribution in [3.63, 3.8) is 0 Å². The fourth-order valence-electron chi connectivity index (χ4n) is 1.45. The minimum absolute atomic E-state index is 0.188. The van der Waals surface area contributed by atoms with Gasteiger partial charge in [-0.15, -0.1) is 0 Å². The lowest BCUT2D eigenvalue weighted by Crippen LogP contribution is -2.59. The molecule has 0 aliphatic carbocycles. The Bertz CT molecular complexity index is 195. The normalized spacial score (nSPS) is 42.2. The first-order chi connectivity index (χ1) is 6.97. The molecule has 1 saturated heterocycles. The van der Waals surface area contributed by atoms with Crippen molar-refractivity contribution in [2.45, 2.75) is 50.7 Å². The summed E-state index contributed by atoms with van der Waals surface area (Å²) < 4.78 is 10.3. The summed E-state index contributed by atoms with van der Waals surface area (Å²) in [5.41, 5.74) is 0. The molecule has 1 fully saturated rings. The van der Waals surface area contributed by atoms with Gasteiger partial charge in [-0.25, -0.2) is 0 Å². The van der Waals surface area contributed by atoms with Crippen LogP contribution in [0.1, 0.15) is 13.8 Å². The van der Waals surface area contributed by atoms with Crippen molar-refractivity contribution in [1.29, 1.82) is 0 Å². The van der Waals surface area contributed by atoms with Gasteiger partial charge in [-0.05, 0) is 13.8 Å². The number of hydrogen-bond acceptors (Lipinski definition) is 6. The monoisotopic (exact) mass is 222 g/mol. The van der Waals surface area contributed by atoms with Gasteiger partial charge in [-0.3, -0.25) is 0 Å². The van der Waals surface area contributed by atoms with E-state index in [1.165, 1.54) is 0 Å². The Morgan fingerprint density at radius 2 is 1.73 bits per heavy atom. The summed E-state index contributed by atoms with van der Waals surface area (Å²) in [4.78, 5) is 0. The van der Waals surface area contributed by atoms with E-state index in [-0.39, 0.29) is 6.10 Å². The molecule has 0 saturated carbocycles. The second-order valence-electron chi connectivity index (χ2n) is 3.88. The topological polar surface area (TPSA) is 99.4 Å². The highest BCUT2D eigenvalue weighted by Crippen LogP contribution is 2.22. The lowest BCUT2D eigenvalue weighted by Gasteiger charge is -2.40. The first-order valence-electron chi connectivity index (χ1n) is 4.93. The quantitative estimate of drug-likeness (QED) is 0.450. The van der Waals surface area contributed by atoms with Crippen LogP contribution in [0.3, 0.4) is 0 Å². The van der Waals surface area contributed by atoms with Gasteiger partial charge in [0.05, 0.1) is 12.7 Å². The molecule has 0 aromatic heterocycles. The molecule has 2 unspecified atom stereocenters. The minimum Gasteiger partial charge on any atom is -0.394 e. The average Bonchev–Trinajstić information content (AvgIpc) is 2.18. The van der Waals surface area contributed by atoms with E-state index in [0.717, 1.165) is 0 Å². The summed E-state index contributed by atoms with van der Waals surface area (Å²) in [5.74, 6) is 0. The Kier molecular flexibility index (Phi) is 4.45. The van der Waals surface area contributed by atoms with Gasteiger partial charge in [-0.2, -0.15) is 0 Å². The molecule has 6 nitrogen and oxygen atoms in total. The van der Waals surface area contributed by atoms with E-state index in [1.54, 1.807) is 13.8 Å². The largest absolute Gasteiger partial charge is 0.394 e. The lowest BCUT2D eigenvalue weighted by atomic mass is 9.99. The van der Waals surface area contributed by atoms with E-state index in [9.17, 15) is 15.3 Å². The highest BCUT2D eigenvalue weighted by Gasteiger charge is 2.44. The molecule has 0 aromatic rings. The summed E-state index contributed by atoms with van der Waals surface area (Å²) in [7, 11) is 0. The molecule has 0 aromatic carbocycles. The van der Waals surface area contributed by atoms with E-state index >= 15 is 0 Å². The maximum Gasteiger partial charge on any atom is 0.186 e. The second-order valence-corrected chi connectivity index (χ2v) is 3.88. The number of aliphatic hydroxyl groups excluding tert-OH is 4. The Balaban J connectivity index is 2.65. The summed E-state index contributed by atoms with van der Waals surface area (Å²) in [6.07, 6.45) is -6.15. The van der Waals surface area contributed by atoms with Crippen LogP contribution in [0.2, 0.25) is 0 Å². The van der Waals surface area contributed by atoms with Crippen LogP contribution in [0.5, 0.6) is 0 Å². The third-order valence-electron chi connectivity index (χ3n) is 2.25. The second kappa shape index (κ2) is 5.20. The first-order valence-corrected chi connectivity index (χ1v) is 4.93. The van der Waals surface area contributed by atoms with Gasteiger partial charge in [0.25, 0.3) is 0 Å². The maximum absolute atomic E-state index is 9.53. The molecule has 5 atom stereocenters. The van der Waals surface area contributed by atoms with Gasteiger partial charge in [0.15, 0.2) is 6.29 Å². The van der Waals surface area contributed by atoms with Gasteiger partial charge in [0.2, 0.25) is 0 Å². The zero-order valence-electron chi connectivity index (χ0n) is 8.78. The van der Waals surface area contributed by atoms with Crippen LogP contribution in [0, 0.1) is 0 Å². The molecular weight excluding hydrogens is 204 g/mol. The average molecular weight is 222 g/mol. The lowest BCUT2D eigenvalue weighted by molar-refractivity contribution is -0.308. The fraction of sp³-hybridized carbons (Fsp3) is 1.00. The molecule has 0 radical (unpaired) electrons. The van der Waals surface area contributed by atoms with E-state index in [0.29, 0.717) is 0 Å². The zero-order valence-corrected chi connectivity index (χ0v) is 8.78. The minimum atomic E-state index is -1.38. The summed E-state index contributed by atoms with van der Waals surface area (Å²) in [6.45, 7) is 3.06. The van der Waals surface area contributed by atoms with Crippen LogP contribution in [-0.2, 0) is 9.47 Å². The van der Waals surface area contributed by atoms with E-state index in [2.05, 4.69) is 0 Å². The van der Waals surface area contributed by atoms with Crippen molar-refractivity contribution in [2.75, 3.05) is 6.61 Å². The standard InChI is InChI=1S/C9H18O6/c1-4(2)14-9-8(13)7(12)6(11)5(3-10)15-9/h4-13H,3H2,1-2H3/t5?,6-,7?,8-,9-/m0/s1. The number of ether oxygens (including phenoxy) is 2. The first kappa shape index (κ1) is 12.8. The zero-order chi connectivity index (χ0) is 11.6. The molecule has 90 valence electrons. The van der Waals surface area contributed by atoms with Crippen LogP contribution in [0.4, 0.5) is 0 Å². The van der Waals surface area contributed by atoms with Crippen molar-refractivity contribution >= 4 is 0 Å². The number of rotatable bonds is 3. The molecule has 1 heterocycles. The highest BCUT2D eigenvalue weighted by molar-refractivity contribution is 4.88. The number of hydrogen-bond donors (Lipinski definition) is 4. The predicted octanol–water partition coefficient (Wildman–Crippen LogP) is -1.79. The SMILES string of the molecule is CC(C)O[C@H]1OC(CO)[C@H](O)C(O)[C@@H]1O. The summed E-state index contributed by atoms with van der Waals surface area (Å²) in [5, 5.41) is 37.3. The van der Waals surface area contributed by atoms with Crippen molar-refractivity contribution in [1.82, 2.24) is 0 Å². The van der Waals surface area contributed by atoms with Crippen LogP contribution in [-0.4, -0.2) is 63.8 Å².